The highest BCUT2D eigenvalue weighted by atomic mass is 35.5. The molecule has 3 nitrogen and oxygen atoms in total. The first-order chi connectivity index (χ1) is 10.2. The van der Waals surface area contributed by atoms with Gasteiger partial charge in [-0.25, -0.2) is 0 Å². The molecule has 2 aromatic carbocycles. The van der Waals surface area contributed by atoms with Crippen molar-refractivity contribution < 1.29 is 9.47 Å². The third-order valence-electron chi connectivity index (χ3n) is 3.13. The number of benzene rings is 2. The molecule has 1 N–H and O–H groups in total. The highest BCUT2D eigenvalue weighted by molar-refractivity contribution is 6.30. The SMILES string of the molecule is COCCOc1cccc(CNc2ccc(Cl)cc2C)c1. The van der Waals surface area contributed by atoms with E-state index in [1.807, 2.05) is 43.3 Å². The molecule has 21 heavy (non-hydrogen) atoms. The molecular weight excluding hydrogens is 286 g/mol. The van der Waals surface area contributed by atoms with Crippen LogP contribution in [0.3, 0.4) is 0 Å². The molecule has 0 unspecified atom stereocenters. The molecule has 0 atom stereocenters. The van der Waals surface area contributed by atoms with Gasteiger partial charge in [-0.3, -0.25) is 0 Å². The van der Waals surface area contributed by atoms with Crippen LogP contribution in [0.15, 0.2) is 42.5 Å². The van der Waals surface area contributed by atoms with Crippen LogP contribution in [-0.2, 0) is 11.3 Å². The molecule has 0 spiro atoms. The average Bonchev–Trinajstić information content (AvgIpc) is 2.47. The highest BCUT2D eigenvalue weighted by Gasteiger charge is 2.01. The molecule has 0 saturated carbocycles. The number of nitrogens with one attached hydrogen (secondary N) is 1. The predicted molar refractivity (Wildman–Crippen MR) is 87.3 cm³/mol. The van der Waals surface area contributed by atoms with Gasteiger partial charge in [0.05, 0.1) is 6.61 Å². The van der Waals surface area contributed by atoms with E-state index in [-0.39, 0.29) is 0 Å². The number of ether oxygens (including phenoxy) is 2. The summed E-state index contributed by atoms with van der Waals surface area (Å²) in [5.74, 6) is 0.860. The largest absolute Gasteiger partial charge is 0.491 e. The van der Waals surface area contributed by atoms with Crippen molar-refractivity contribution in [1.82, 2.24) is 0 Å². The minimum absolute atomic E-state index is 0.559. The van der Waals surface area contributed by atoms with Crippen molar-refractivity contribution in [2.45, 2.75) is 13.5 Å². The summed E-state index contributed by atoms with van der Waals surface area (Å²) in [6.45, 7) is 3.93. The Morgan fingerprint density at radius 1 is 1.10 bits per heavy atom. The number of aryl methyl sites for hydroxylation is 1. The zero-order chi connectivity index (χ0) is 15.1. The molecule has 0 saturated heterocycles. The normalized spacial score (nSPS) is 10.4. The molecule has 2 aromatic rings. The van der Waals surface area contributed by atoms with E-state index in [0.717, 1.165) is 28.6 Å². The summed E-state index contributed by atoms with van der Waals surface area (Å²) in [6.07, 6.45) is 0. The summed E-state index contributed by atoms with van der Waals surface area (Å²) in [7, 11) is 1.66. The molecule has 0 fully saturated rings. The van der Waals surface area contributed by atoms with Gasteiger partial charge in [0.1, 0.15) is 12.4 Å². The van der Waals surface area contributed by atoms with Crippen LogP contribution in [0, 0.1) is 6.92 Å². The Hall–Kier alpha value is -1.71. The number of hydrogen-bond donors (Lipinski definition) is 1. The smallest absolute Gasteiger partial charge is 0.119 e. The van der Waals surface area contributed by atoms with Crippen LogP contribution in [0.2, 0.25) is 5.02 Å². The van der Waals surface area contributed by atoms with Gasteiger partial charge >= 0.3 is 0 Å². The maximum atomic E-state index is 5.96. The van der Waals surface area contributed by atoms with Gasteiger partial charge in [-0.15, -0.1) is 0 Å². The van der Waals surface area contributed by atoms with Crippen LogP contribution >= 0.6 is 11.6 Å². The van der Waals surface area contributed by atoms with Crippen LogP contribution < -0.4 is 10.1 Å². The minimum Gasteiger partial charge on any atom is -0.491 e. The minimum atomic E-state index is 0.559. The molecule has 0 aliphatic rings. The summed E-state index contributed by atoms with van der Waals surface area (Å²) in [5.41, 5.74) is 3.39. The topological polar surface area (TPSA) is 30.5 Å². The first-order valence-electron chi connectivity index (χ1n) is 6.90. The van der Waals surface area contributed by atoms with Gasteiger partial charge in [-0.1, -0.05) is 23.7 Å². The molecular formula is C17H20ClNO2. The monoisotopic (exact) mass is 305 g/mol. The van der Waals surface area contributed by atoms with Crippen LogP contribution in [0.4, 0.5) is 5.69 Å². The standard InChI is InChI=1S/C17H20ClNO2/c1-13-10-15(18)6-7-17(13)19-12-14-4-3-5-16(11-14)21-9-8-20-2/h3-7,10-11,19H,8-9,12H2,1-2H3. The van der Waals surface area contributed by atoms with Gasteiger partial charge in [-0.05, 0) is 48.4 Å². The molecule has 0 heterocycles. The van der Waals surface area contributed by atoms with Crippen molar-refractivity contribution in [2.75, 3.05) is 25.6 Å². The lowest BCUT2D eigenvalue weighted by atomic mass is 10.1. The second-order valence-electron chi connectivity index (χ2n) is 4.80. The second kappa shape index (κ2) is 7.91. The van der Waals surface area contributed by atoms with Gasteiger partial charge in [0, 0.05) is 24.4 Å². The number of rotatable bonds is 7. The highest BCUT2D eigenvalue weighted by Crippen LogP contribution is 2.21. The van der Waals surface area contributed by atoms with E-state index in [0.29, 0.717) is 13.2 Å². The molecule has 0 aliphatic heterocycles. The van der Waals surface area contributed by atoms with Crippen molar-refractivity contribution in [1.29, 1.82) is 0 Å². The van der Waals surface area contributed by atoms with Crippen LogP contribution in [0.25, 0.3) is 0 Å². The zero-order valence-corrected chi connectivity index (χ0v) is 13.1. The Bertz CT molecular complexity index is 587. The maximum absolute atomic E-state index is 5.96. The quantitative estimate of drug-likeness (QED) is 0.774. The number of methoxy groups -OCH3 is 1. The third kappa shape index (κ3) is 4.96. The second-order valence-corrected chi connectivity index (χ2v) is 5.24. The Labute approximate surface area is 130 Å². The Kier molecular flexibility index (Phi) is 5.90. The summed E-state index contributed by atoms with van der Waals surface area (Å²) >= 11 is 5.96. The Morgan fingerprint density at radius 3 is 2.71 bits per heavy atom. The average molecular weight is 306 g/mol. The number of halogens is 1. The predicted octanol–water partition coefficient (Wildman–Crippen LogP) is 4.29. The lowest BCUT2D eigenvalue weighted by molar-refractivity contribution is 0.146. The molecule has 0 amide bonds. The van der Waals surface area contributed by atoms with E-state index in [1.165, 1.54) is 5.56 Å². The van der Waals surface area contributed by atoms with E-state index in [1.54, 1.807) is 7.11 Å². The van der Waals surface area contributed by atoms with Gasteiger partial charge in [0.2, 0.25) is 0 Å². The molecule has 0 aliphatic carbocycles. The van der Waals surface area contributed by atoms with Crippen LogP contribution in [0.1, 0.15) is 11.1 Å². The van der Waals surface area contributed by atoms with Crippen molar-refractivity contribution in [3.05, 3.63) is 58.6 Å². The zero-order valence-electron chi connectivity index (χ0n) is 12.4. The lowest BCUT2D eigenvalue weighted by Gasteiger charge is -2.11. The molecule has 112 valence electrons. The van der Waals surface area contributed by atoms with Crippen molar-refractivity contribution in [2.24, 2.45) is 0 Å². The Morgan fingerprint density at radius 2 is 1.95 bits per heavy atom. The van der Waals surface area contributed by atoms with E-state index in [9.17, 15) is 0 Å². The molecule has 0 radical (unpaired) electrons. The molecule has 4 heteroatoms. The summed E-state index contributed by atoms with van der Waals surface area (Å²) in [4.78, 5) is 0. The van der Waals surface area contributed by atoms with E-state index in [4.69, 9.17) is 21.1 Å². The van der Waals surface area contributed by atoms with Crippen LogP contribution in [-0.4, -0.2) is 20.3 Å². The fourth-order valence-electron chi connectivity index (χ4n) is 2.01. The van der Waals surface area contributed by atoms with Gasteiger partial charge in [0.25, 0.3) is 0 Å². The van der Waals surface area contributed by atoms with E-state index >= 15 is 0 Å². The summed E-state index contributed by atoms with van der Waals surface area (Å²) in [6, 6.07) is 13.9. The van der Waals surface area contributed by atoms with Crippen molar-refractivity contribution in [3.8, 4) is 5.75 Å². The van der Waals surface area contributed by atoms with E-state index in [2.05, 4.69) is 11.4 Å². The van der Waals surface area contributed by atoms with Crippen LogP contribution in [0.5, 0.6) is 5.75 Å². The molecule has 0 aromatic heterocycles. The maximum Gasteiger partial charge on any atom is 0.119 e. The summed E-state index contributed by atoms with van der Waals surface area (Å²) < 4.78 is 10.6. The van der Waals surface area contributed by atoms with Gasteiger partial charge in [0.15, 0.2) is 0 Å². The van der Waals surface area contributed by atoms with Gasteiger partial charge in [-0.2, -0.15) is 0 Å². The fourth-order valence-corrected chi connectivity index (χ4v) is 2.24. The number of anilines is 1. The Balaban J connectivity index is 1.95. The molecule has 0 bridgehead atoms. The fraction of sp³-hybridized carbons (Fsp3) is 0.294. The third-order valence-corrected chi connectivity index (χ3v) is 3.36. The van der Waals surface area contributed by atoms with E-state index < -0.39 is 0 Å². The van der Waals surface area contributed by atoms with Crippen molar-refractivity contribution in [3.63, 3.8) is 0 Å². The summed E-state index contributed by atoms with van der Waals surface area (Å²) in [5, 5.41) is 4.17. The number of hydrogen-bond acceptors (Lipinski definition) is 3. The lowest BCUT2D eigenvalue weighted by Crippen LogP contribution is -2.05. The van der Waals surface area contributed by atoms with Gasteiger partial charge < -0.3 is 14.8 Å². The first kappa shape index (κ1) is 15.7. The first-order valence-corrected chi connectivity index (χ1v) is 7.27. The molecule has 2 rings (SSSR count). The van der Waals surface area contributed by atoms with Crippen molar-refractivity contribution >= 4 is 17.3 Å².